The zero-order valence-electron chi connectivity index (χ0n) is 92.9. The van der Waals surface area contributed by atoms with E-state index in [1.165, 1.54) is 186 Å². The molecule has 2 aliphatic carbocycles. The summed E-state index contributed by atoms with van der Waals surface area (Å²) in [5, 5.41) is 77.7. The Hall–Kier alpha value is -7.03. The number of fused-ring (bicyclic) bond motifs is 4. The van der Waals surface area contributed by atoms with E-state index in [4.69, 9.17) is 50.6 Å². The first-order chi connectivity index (χ1) is 65.4. The number of aliphatic hydroxyl groups excluding tert-OH is 8. The smallest absolute Gasteiger partial charge is 0.0779 e. The first-order valence-electron chi connectivity index (χ1n) is 51.5. The van der Waals surface area contributed by atoms with Crippen molar-refractivity contribution in [2.45, 2.75) is 342 Å². The van der Waals surface area contributed by atoms with Crippen molar-refractivity contribution in [3.8, 4) is 45.0 Å². The van der Waals surface area contributed by atoms with Crippen LogP contribution in [0.1, 0.15) is 259 Å². The summed E-state index contributed by atoms with van der Waals surface area (Å²) in [7, 11) is -2.78. The van der Waals surface area contributed by atoms with Crippen LogP contribution in [0.3, 0.4) is 0 Å². The number of rotatable bonds is 21. The van der Waals surface area contributed by atoms with Gasteiger partial charge in [-0.2, -0.15) is 0 Å². The number of aromatic nitrogens is 4. The van der Waals surface area contributed by atoms with Crippen LogP contribution >= 0.6 is 0 Å². The van der Waals surface area contributed by atoms with Gasteiger partial charge in [0.2, 0.25) is 0 Å². The first-order valence-corrected chi connectivity index (χ1v) is 65.8. The summed E-state index contributed by atoms with van der Waals surface area (Å²) in [5.74, 6) is 11.9. The minimum Gasteiger partial charge on any atom is -0.296 e. The van der Waals surface area contributed by atoms with Crippen molar-refractivity contribution >= 4 is 87.8 Å². The van der Waals surface area contributed by atoms with E-state index in [-0.39, 0.29) is 115 Å². The Morgan fingerprint density at radius 2 is 0.715 bits per heavy atom. The van der Waals surface area contributed by atoms with E-state index >= 15 is 0 Å². The number of allylic oxidation sites excluding steroid dienone is 4. The monoisotopic (exact) mass is 2760 g/mol. The number of aryl methyl sites for hydroxylation is 8. The fraction of sp³-hybridized carbons (Fsp3) is 0.456. The van der Waals surface area contributed by atoms with Crippen molar-refractivity contribution < 1.29 is 121 Å². The maximum Gasteiger partial charge on any atom is 0.0779 e. The van der Waals surface area contributed by atoms with E-state index in [2.05, 4.69) is 323 Å². The van der Waals surface area contributed by atoms with E-state index in [1.807, 2.05) is 27.7 Å². The molecule has 0 amide bonds. The fourth-order valence-corrected chi connectivity index (χ4v) is 25.8. The largest absolute Gasteiger partial charge is 0.296 e. The Kier molecular flexibility index (Phi) is 55.8. The summed E-state index contributed by atoms with van der Waals surface area (Å²) < 4.78 is 1.62. The third-order valence-corrected chi connectivity index (χ3v) is 33.4. The average Bonchev–Trinajstić information content (AvgIpc) is 0.777. The molecular formula is C125H172GeIr4N4O8Si2-4. The summed E-state index contributed by atoms with van der Waals surface area (Å²) >= 11 is -1.92. The Morgan fingerprint density at radius 1 is 0.368 bits per heavy atom. The number of benzene rings is 8. The Balaban J connectivity index is 0.000000444. The maximum absolute atomic E-state index is 9.31. The van der Waals surface area contributed by atoms with Crippen LogP contribution in [0.4, 0.5) is 0 Å². The van der Waals surface area contributed by atoms with Crippen LogP contribution in [0.5, 0.6) is 0 Å². The molecule has 2 aliphatic rings. The molecule has 12 aromatic rings. The molecule has 0 spiro atoms. The predicted molar refractivity (Wildman–Crippen MR) is 609 cm³/mol. The van der Waals surface area contributed by atoms with Gasteiger partial charge in [-0.25, -0.2) is 0 Å². The SMILES string of the molecule is CC(C)C(O)=CC(O)C(C)C.CC(O)=CC(C)O.CC(O)=CC(C)O.CC(O)=CC(C)O.Cc1[c-]c(-c2ccc3c(C4CCCCC4)cc(C4CCCCC4)cc3n2)cc(C)c1.Cc1[c-]c(-c2ccc3c(CC(C)C)c([Si](C)(C)C)ccc3n2)cc(C)c1.Cc1[c-]c(-c2ccc3c[c]([Ge]([CH3])([CH3])[CH3])c(CC(C)C)cc3n2)cc(C)c1.Cc1[c-]c(-c2ccc3cc([Si](C)(C)C)c(CC(C)C)cc3n2)cc(C)c1.[Ir].[Ir].[Ir].[Ir]. The van der Waals surface area contributed by atoms with Crippen molar-refractivity contribution in [2.24, 2.45) is 29.6 Å². The molecule has 2 fully saturated rings. The molecule has 0 saturated heterocycles. The summed E-state index contributed by atoms with van der Waals surface area (Å²) in [4.78, 5) is 20.2. The number of hydrogen-bond donors (Lipinski definition) is 8. The number of nitrogens with zero attached hydrogens (tertiary/aromatic N) is 4. The standard InChI is InChI=1S/C29H34N.C24H30GeN.2C24H30NSi.C9H18O2.3C5H10O2.4Ir/c1-20-15-21(2)17-25(16-20)28-14-13-26-27(23-11-7-4-8-12-23)18-24(19-29(26)30-28)22-9-5-3-6-10-22;1-16(2)10-20-15-24-19(14-22(20)25(5,6)7)8-9-23(26-24)21-12-17(3)11-18(4)13-21;1-16(2)10-21-14-23-19(15-24(21)26(5,6)7)8-9-22(25-23)20-12-17(3)11-18(4)13-20;1-16(2)12-21-20-8-9-22(19-14-17(3)13-18(4)15-19)25-23(20)10-11-24(21)26(5,6)7;1-6(2)8(10)5-9(11)7(3)4;3*1-4(6)3-5(2)7;;;;/h13-16,18-19,22-23H,3-12H2,1-2H3;2*8-9,11-12,14-16H,10H2,1-7H3;8-11,13-14,16H,12H2,1-7H3;5-8,10-11H,1-4H3;3*3-4,6-7H,1-2H3;;;;/q4*-1;;;;;;;;. The van der Waals surface area contributed by atoms with Gasteiger partial charge in [0.15, 0.2) is 0 Å². The molecule has 792 valence electrons. The van der Waals surface area contributed by atoms with Crippen LogP contribution in [-0.2, 0) is 99.7 Å². The summed E-state index contributed by atoms with van der Waals surface area (Å²) in [5.41, 5.74) is 30.4. The normalized spacial score (nSPS) is 14.2. The van der Waals surface area contributed by atoms with Crippen LogP contribution in [0, 0.1) is 109 Å². The third-order valence-electron chi connectivity index (χ3n) is 24.8. The quantitative estimate of drug-likeness (QED) is 0.0192. The van der Waals surface area contributed by atoms with Crippen molar-refractivity contribution in [1.29, 1.82) is 0 Å². The minimum atomic E-state index is -1.92. The van der Waals surface area contributed by atoms with Crippen molar-refractivity contribution in [1.82, 2.24) is 19.9 Å². The molecule has 12 nitrogen and oxygen atoms in total. The van der Waals surface area contributed by atoms with Gasteiger partial charge < -0.3 is 40.9 Å². The van der Waals surface area contributed by atoms with Crippen LogP contribution in [-0.4, -0.2) is 115 Å². The minimum absolute atomic E-state index is 0. The molecule has 8 N–H and O–H groups in total. The molecule has 2 saturated carbocycles. The van der Waals surface area contributed by atoms with E-state index in [1.54, 1.807) is 46.7 Å². The number of hydrogen-bond acceptors (Lipinski definition) is 12. The topological polar surface area (TPSA) is 213 Å². The van der Waals surface area contributed by atoms with Crippen LogP contribution in [0.15, 0.2) is 193 Å². The molecule has 0 bridgehead atoms. The number of aliphatic hydroxyl groups is 8. The number of pyridine rings is 4. The summed E-state index contributed by atoms with van der Waals surface area (Å²) in [6, 6.07) is 68.2. The van der Waals surface area contributed by atoms with Crippen LogP contribution in [0.2, 0.25) is 56.6 Å². The summed E-state index contributed by atoms with van der Waals surface area (Å²) in [6.07, 6.45) is 20.5. The predicted octanol–water partition coefficient (Wildman–Crippen LogP) is 31.2. The van der Waals surface area contributed by atoms with Crippen LogP contribution < -0.4 is 14.8 Å². The van der Waals surface area contributed by atoms with E-state index < -0.39 is 53.8 Å². The molecule has 4 heterocycles. The van der Waals surface area contributed by atoms with Crippen LogP contribution in [0.25, 0.3) is 88.6 Å². The second kappa shape index (κ2) is 61.3. The molecule has 4 unspecified atom stereocenters. The molecule has 144 heavy (non-hydrogen) atoms. The first kappa shape index (κ1) is 131. The van der Waals surface area contributed by atoms with Crippen molar-refractivity contribution in [2.75, 3.05) is 0 Å². The molecule has 4 radical (unpaired) electrons. The maximum atomic E-state index is 9.31. The summed E-state index contributed by atoms with van der Waals surface area (Å²) in [6.45, 7) is 62.3. The van der Waals surface area contributed by atoms with Gasteiger partial charge in [0, 0.05) is 97.1 Å². The van der Waals surface area contributed by atoms with Gasteiger partial charge >= 0.3 is 161 Å². The van der Waals surface area contributed by atoms with Gasteiger partial charge in [-0.15, -0.1) is 105 Å². The third kappa shape index (κ3) is 43.5. The van der Waals surface area contributed by atoms with Gasteiger partial charge in [0.05, 0.1) is 80.2 Å². The Bertz CT molecular complexity index is 5800. The molecule has 19 heteroatoms. The Morgan fingerprint density at radius 3 is 1.06 bits per heavy atom. The van der Waals surface area contributed by atoms with E-state index in [9.17, 15) is 10.2 Å². The van der Waals surface area contributed by atoms with Gasteiger partial charge in [0.1, 0.15) is 0 Å². The van der Waals surface area contributed by atoms with Gasteiger partial charge in [-0.1, -0.05) is 240 Å². The Labute approximate surface area is 927 Å². The second-order valence-corrected chi connectivity index (χ2v) is 65.5. The van der Waals surface area contributed by atoms with E-state index in [0.717, 1.165) is 97.9 Å². The van der Waals surface area contributed by atoms with Crippen molar-refractivity contribution in [3.05, 3.63) is 290 Å². The molecule has 0 aliphatic heterocycles. The molecule has 14 rings (SSSR count). The molecule has 4 atom stereocenters. The van der Waals surface area contributed by atoms with Crippen molar-refractivity contribution in [3.63, 3.8) is 0 Å². The van der Waals surface area contributed by atoms with Gasteiger partial charge in [-0.05, 0) is 197 Å². The molecule has 4 aromatic heterocycles. The fourth-order valence-electron chi connectivity index (χ4n) is 18.7. The second-order valence-electron chi connectivity index (χ2n) is 44.9. The van der Waals surface area contributed by atoms with Gasteiger partial charge in [-0.3, -0.25) is 15.0 Å². The zero-order valence-corrected chi connectivity index (χ0v) is 107. The zero-order chi connectivity index (χ0) is 104. The molecular weight excluding hydrogens is 2580 g/mol. The molecule has 8 aromatic carbocycles. The van der Waals surface area contributed by atoms with E-state index in [0.29, 0.717) is 23.7 Å². The van der Waals surface area contributed by atoms with Gasteiger partial charge in [0.25, 0.3) is 0 Å². The average molecular weight is 2760 g/mol.